The third-order valence-electron chi connectivity index (χ3n) is 0.652. The number of urea groups is 1. The van der Waals surface area contributed by atoms with E-state index < -0.39 is 18.1 Å². The van der Waals surface area contributed by atoms with Crippen molar-refractivity contribution < 1.29 is 24.2 Å². The van der Waals surface area contributed by atoms with Crippen molar-refractivity contribution in [3.63, 3.8) is 0 Å². The first-order valence-electron chi connectivity index (χ1n) is 4.01. The zero-order valence-electron chi connectivity index (χ0n) is 9.23. The van der Waals surface area contributed by atoms with Gasteiger partial charge in [0, 0.05) is 5.57 Å². The van der Waals surface area contributed by atoms with Gasteiger partial charge in [-0.1, -0.05) is 6.58 Å². The first-order chi connectivity index (χ1) is 7.14. The lowest BCUT2D eigenvalue weighted by atomic mass is 10.4. The number of amides is 3. The van der Waals surface area contributed by atoms with Crippen LogP contribution >= 0.6 is 0 Å². The van der Waals surface area contributed by atoms with Gasteiger partial charge in [0.05, 0.1) is 6.61 Å². The molecule has 0 radical (unpaired) electrons. The van der Waals surface area contributed by atoms with Crippen molar-refractivity contribution in [2.45, 2.75) is 13.8 Å². The Morgan fingerprint density at radius 2 is 1.50 bits per heavy atom. The molecule has 0 aliphatic carbocycles. The monoisotopic (exact) mass is 235 g/mol. The maximum Gasteiger partial charge on any atom is 0.404 e. The zero-order chi connectivity index (χ0) is 13.7. The third kappa shape index (κ3) is 60.2. The summed E-state index contributed by atoms with van der Waals surface area (Å²) in [6, 6.07) is -0.833. The van der Waals surface area contributed by atoms with Crippen molar-refractivity contribution in [3.05, 3.63) is 12.2 Å². The maximum absolute atomic E-state index is 9.60. The lowest BCUT2D eigenvalue weighted by molar-refractivity contribution is -0.132. The molecule has 8 heteroatoms. The van der Waals surface area contributed by atoms with Crippen molar-refractivity contribution in [2.75, 3.05) is 6.61 Å². The molecule has 0 bridgehead atoms. The smallest absolute Gasteiger partial charge is 0.404 e. The summed E-state index contributed by atoms with van der Waals surface area (Å²) in [6.07, 6.45) is -0.711. The van der Waals surface area contributed by atoms with Crippen LogP contribution in [0.1, 0.15) is 13.8 Å². The molecule has 7 N–H and O–H groups in total. The second-order valence-electron chi connectivity index (χ2n) is 2.24. The number of carbonyl (C=O) groups is 3. The van der Waals surface area contributed by atoms with E-state index in [9.17, 15) is 9.59 Å². The predicted molar refractivity (Wildman–Crippen MR) is 57.4 cm³/mol. The van der Waals surface area contributed by atoms with Crippen LogP contribution in [0.5, 0.6) is 0 Å². The molecule has 0 spiro atoms. The number of primary amides is 3. The second kappa shape index (κ2) is 12.8. The van der Waals surface area contributed by atoms with Crippen LogP contribution in [0.4, 0.5) is 9.59 Å². The average Bonchev–Trinajstić information content (AvgIpc) is 2.03. The van der Waals surface area contributed by atoms with Gasteiger partial charge in [0.15, 0.2) is 0 Å². The van der Waals surface area contributed by atoms with Crippen LogP contribution in [0.15, 0.2) is 12.2 Å². The van der Waals surface area contributed by atoms with Crippen LogP contribution in [0.3, 0.4) is 0 Å². The molecule has 0 heterocycles. The Labute approximate surface area is 93.0 Å². The molecule has 0 aliphatic rings. The van der Waals surface area contributed by atoms with Crippen LogP contribution in [0, 0.1) is 0 Å². The van der Waals surface area contributed by atoms with Gasteiger partial charge < -0.3 is 27.0 Å². The molecular formula is C8H17N3O5. The van der Waals surface area contributed by atoms with E-state index in [1.807, 2.05) is 0 Å². The highest BCUT2D eigenvalue weighted by molar-refractivity contribution is 5.84. The third-order valence-corrected chi connectivity index (χ3v) is 0.652. The number of nitrogens with two attached hydrogens (primary N) is 3. The second-order valence-corrected chi connectivity index (χ2v) is 2.24. The van der Waals surface area contributed by atoms with E-state index in [0.29, 0.717) is 6.61 Å². The molecule has 0 aliphatic heterocycles. The molecule has 94 valence electrons. The normalized spacial score (nSPS) is 7.12. The standard InChI is InChI=1S/C4H6O2.C3H7NO2.CH4N2O/c1-3(2)4(5)6;1-2-6-3(4)5;2-1(3)4/h1H2,2H3,(H,5,6);2H2,1H3,(H2,4,5);(H4,2,3,4). The molecule has 0 rings (SSSR count). The van der Waals surface area contributed by atoms with Gasteiger partial charge in [-0.15, -0.1) is 0 Å². The van der Waals surface area contributed by atoms with E-state index >= 15 is 0 Å². The van der Waals surface area contributed by atoms with Crippen LogP contribution < -0.4 is 17.2 Å². The molecule has 16 heavy (non-hydrogen) atoms. The lowest BCUT2D eigenvalue weighted by Gasteiger charge is -1.89. The predicted octanol–water partition coefficient (Wildman–Crippen LogP) is -0.227. The topological polar surface area (TPSA) is 159 Å². The number of carbonyl (C=O) groups excluding carboxylic acids is 2. The summed E-state index contributed by atoms with van der Waals surface area (Å²) in [5, 5.41) is 7.89. The molecular weight excluding hydrogens is 218 g/mol. The number of rotatable bonds is 2. The fourth-order valence-electron chi connectivity index (χ4n) is 0.142. The van der Waals surface area contributed by atoms with Gasteiger partial charge in [-0.25, -0.2) is 14.4 Å². The summed E-state index contributed by atoms with van der Waals surface area (Å²) in [4.78, 5) is 28.2. The molecule has 0 aromatic heterocycles. The number of carboxylic acids is 1. The van der Waals surface area contributed by atoms with Crippen molar-refractivity contribution in [1.29, 1.82) is 0 Å². The zero-order valence-corrected chi connectivity index (χ0v) is 9.23. The van der Waals surface area contributed by atoms with Crippen molar-refractivity contribution in [1.82, 2.24) is 0 Å². The highest BCUT2D eigenvalue weighted by Gasteiger charge is 1.90. The van der Waals surface area contributed by atoms with E-state index in [-0.39, 0.29) is 5.57 Å². The number of carboxylic acid groups (broad SMARTS) is 1. The first-order valence-corrected chi connectivity index (χ1v) is 4.01. The summed E-state index contributed by atoms with van der Waals surface area (Å²) >= 11 is 0. The molecule has 3 amide bonds. The van der Waals surface area contributed by atoms with Gasteiger partial charge in [-0.2, -0.15) is 0 Å². The Kier molecular flexibility index (Phi) is 15.4. The Balaban J connectivity index is -0.000000162. The highest BCUT2D eigenvalue weighted by Crippen LogP contribution is 1.81. The highest BCUT2D eigenvalue weighted by atomic mass is 16.5. The van der Waals surface area contributed by atoms with Crippen LogP contribution in [0.2, 0.25) is 0 Å². The Morgan fingerprint density at radius 1 is 1.25 bits per heavy atom. The molecule has 0 saturated carbocycles. The quantitative estimate of drug-likeness (QED) is 0.486. The molecule has 0 fully saturated rings. The van der Waals surface area contributed by atoms with E-state index in [1.54, 1.807) is 6.92 Å². The fraction of sp³-hybridized carbons (Fsp3) is 0.375. The van der Waals surface area contributed by atoms with Gasteiger partial charge in [0.2, 0.25) is 0 Å². The molecule has 0 aromatic rings. The number of hydrogen-bond donors (Lipinski definition) is 4. The van der Waals surface area contributed by atoms with Crippen molar-refractivity contribution in [3.8, 4) is 0 Å². The van der Waals surface area contributed by atoms with Crippen LogP contribution in [0.25, 0.3) is 0 Å². The summed E-state index contributed by atoms with van der Waals surface area (Å²) in [6.45, 7) is 6.66. The Bertz CT molecular complexity index is 236. The fourth-order valence-corrected chi connectivity index (χ4v) is 0.142. The van der Waals surface area contributed by atoms with Gasteiger partial charge >= 0.3 is 18.1 Å². The molecule has 0 unspecified atom stereocenters. The largest absolute Gasteiger partial charge is 0.478 e. The summed E-state index contributed by atoms with van der Waals surface area (Å²) in [5.74, 6) is -0.935. The SMILES string of the molecule is C=C(C)C(=O)O.CCOC(N)=O.NC(N)=O. The Hall–Kier alpha value is -2.25. The van der Waals surface area contributed by atoms with Crippen molar-refractivity contribution in [2.24, 2.45) is 17.2 Å². The molecule has 8 nitrogen and oxygen atoms in total. The lowest BCUT2D eigenvalue weighted by Crippen LogP contribution is -2.18. The van der Waals surface area contributed by atoms with E-state index in [0.717, 1.165) is 0 Å². The summed E-state index contributed by atoms with van der Waals surface area (Å²) in [7, 11) is 0. The average molecular weight is 235 g/mol. The first kappa shape index (κ1) is 19.3. The van der Waals surface area contributed by atoms with Crippen LogP contribution in [-0.2, 0) is 9.53 Å². The van der Waals surface area contributed by atoms with Crippen molar-refractivity contribution >= 4 is 18.1 Å². The van der Waals surface area contributed by atoms with Gasteiger partial charge in [0.1, 0.15) is 0 Å². The van der Waals surface area contributed by atoms with Crippen LogP contribution in [-0.4, -0.2) is 29.8 Å². The molecule has 0 saturated heterocycles. The summed E-state index contributed by atoms with van der Waals surface area (Å²) in [5.41, 5.74) is 13.2. The number of ether oxygens (including phenoxy) is 1. The number of hydrogen-bond acceptors (Lipinski definition) is 4. The van der Waals surface area contributed by atoms with Gasteiger partial charge in [-0.3, -0.25) is 0 Å². The van der Waals surface area contributed by atoms with E-state index in [4.69, 9.17) is 9.90 Å². The molecule has 0 aromatic carbocycles. The van der Waals surface area contributed by atoms with E-state index in [2.05, 4.69) is 28.5 Å². The maximum atomic E-state index is 9.60. The van der Waals surface area contributed by atoms with Gasteiger partial charge in [0.25, 0.3) is 0 Å². The molecule has 0 atom stereocenters. The minimum absolute atomic E-state index is 0.176. The van der Waals surface area contributed by atoms with Gasteiger partial charge in [-0.05, 0) is 13.8 Å². The summed E-state index contributed by atoms with van der Waals surface area (Å²) < 4.78 is 4.18. The number of aliphatic carboxylic acids is 1. The minimum atomic E-state index is -0.935. The Morgan fingerprint density at radius 3 is 1.50 bits per heavy atom. The minimum Gasteiger partial charge on any atom is -0.478 e. The van der Waals surface area contributed by atoms with E-state index in [1.165, 1.54) is 6.92 Å².